The van der Waals surface area contributed by atoms with Gasteiger partial charge in [0.15, 0.2) is 0 Å². The van der Waals surface area contributed by atoms with Crippen LogP contribution in [0.25, 0.3) is 6.08 Å². The predicted octanol–water partition coefficient (Wildman–Crippen LogP) is 4.38. The zero-order valence-electron chi connectivity index (χ0n) is 8.87. The van der Waals surface area contributed by atoms with E-state index in [4.69, 9.17) is 0 Å². The van der Waals surface area contributed by atoms with Gasteiger partial charge in [-0.1, -0.05) is 49.8 Å². The Kier molecular flexibility index (Phi) is 3.03. The van der Waals surface area contributed by atoms with Gasteiger partial charge in [-0.05, 0) is 36.3 Å². The topological polar surface area (TPSA) is 0 Å². The number of rotatable bonds is 0. The van der Waals surface area contributed by atoms with Crippen LogP contribution in [0.2, 0.25) is 0 Å². The molecule has 2 rings (SSSR count). The molecule has 0 amide bonds. The summed E-state index contributed by atoms with van der Waals surface area (Å²) >= 11 is 0. The van der Waals surface area contributed by atoms with Crippen molar-refractivity contribution in [1.82, 2.24) is 0 Å². The fraction of sp³-hybridized carbons (Fsp3) is 0.429. The summed E-state index contributed by atoms with van der Waals surface area (Å²) in [5.74, 6) is 0.717. The highest BCUT2D eigenvalue weighted by atomic mass is 14.1. The molecule has 1 atom stereocenters. The first-order valence-electron chi connectivity index (χ1n) is 5.63. The minimum Gasteiger partial charge on any atom is -0.0839 e. The van der Waals surface area contributed by atoms with E-state index in [9.17, 15) is 0 Å². The first-order chi connectivity index (χ1) is 6.88. The molecule has 0 N–H and O–H groups in total. The predicted molar refractivity (Wildman–Crippen MR) is 62.4 cm³/mol. The molecule has 0 nitrogen and oxygen atoms in total. The standard InChI is InChI=1S/C14H18/c1-12-8-4-2-3-5-9-13-10-6-7-11-14(12)13/h5-7,9-12H,2-4,8H2,1H3/b9-5+. The summed E-state index contributed by atoms with van der Waals surface area (Å²) in [4.78, 5) is 0. The lowest BCUT2D eigenvalue weighted by Crippen LogP contribution is -1.95. The second-order valence-electron chi connectivity index (χ2n) is 4.22. The molecule has 0 fully saturated rings. The quantitative estimate of drug-likeness (QED) is 0.564. The molecule has 0 aliphatic heterocycles. The smallest absolute Gasteiger partial charge is 0.0184 e. The van der Waals surface area contributed by atoms with Crippen molar-refractivity contribution in [3.63, 3.8) is 0 Å². The fourth-order valence-corrected chi connectivity index (χ4v) is 2.19. The molecule has 14 heavy (non-hydrogen) atoms. The van der Waals surface area contributed by atoms with Crippen molar-refractivity contribution >= 4 is 6.08 Å². The number of hydrogen-bond donors (Lipinski definition) is 0. The van der Waals surface area contributed by atoms with Crippen LogP contribution < -0.4 is 0 Å². The third kappa shape index (κ3) is 2.06. The molecule has 0 aromatic heterocycles. The van der Waals surface area contributed by atoms with Crippen LogP contribution >= 0.6 is 0 Å². The highest BCUT2D eigenvalue weighted by Crippen LogP contribution is 2.27. The minimum atomic E-state index is 0.717. The van der Waals surface area contributed by atoms with Gasteiger partial charge in [0.2, 0.25) is 0 Å². The molecule has 74 valence electrons. The Morgan fingerprint density at radius 3 is 2.93 bits per heavy atom. The molecule has 1 unspecified atom stereocenters. The number of benzene rings is 1. The number of hydrogen-bond acceptors (Lipinski definition) is 0. The maximum atomic E-state index is 2.35. The van der Waals surface area contributed by atoms with Crippen LogP contribution in [0, 0.1) is 0 Å². The summed E-state index contributed by atoms with van der Waals surface area (Å²) in [7, 11) is 0. The first kappa shape index (κ1) is 9.51. The zero-order chi connectivity index (χ0) is 9.80. The SMILES string of the molecule is CC1CCCC/C=C/c2ccccc21. The van der Waals surface area contributed by atoms with Gasteiger partial charge in [0.25, 0.3) is 0 Å². The first-order valence-corrected chi connectivity index (χ1v) is 5.63. The van der Waals surface area contributed by atoms with Crippen molar-refractivity contribution in [2.24, 2.45) is 0 Å². The summed E-state index contributed by atoms with van der Waals surface area (Å²) in [5.41, 5.74) is 2.94. The van der Waals surface area contributed by atoms with Crippen LogP contribution in [0.3, 0.4) is 0 Å². The van der Waals surface area contributed by atoms with Crippen LogP contribution in [0.5, 0.6) is 0 Å². The van der Waals surface area contributed by atoms with Crippen molar-refractivity contribution in [2.45, 2.75) is 38.5 Å². The van der Waals surface area contributed by atoms with E-state index in [2.05, 4.69) is 43.3 Å². The Morgan fingerprint density at radius 1 is 1.14 bits per heavy atom. The van der Waals surface area contributed by atoms with Gasteiger partial charge in [0, 0.05) is 0 Å². The van der Waals surface area contributed by atoms with Crippen LogP contribution in [-0.2, 0) is 0 Å². The van der Waals surface area contributed by atoms with E-state index in [-0.39, 0.29) is 0 Å². The van der Waals surface area contributed by atoms with E-state index in [1.165, 1.54) is 36.8 Å². The average molecular weight is 186 g/mol. The molecule has 0 bridgehead atoms. The molecular weight excluding hydrogens is 168 g/mol. The van der Waals surface area contributed by atoms with Crippen molar-refractivity contribution in [3.8, 4) is 0 Å². The van der Waals surface area contributed by atoms with Gasteiger partial charge in [-0.3, -0.25) is 0 Å². The molecule has 0 saturated heterocycles. The number of allylic oxidation sites excluding steroid dienone is 1. The van der Waals surface area contributed by atoms with Gasteiger partial charge in [-0.2, -0.15) is 0 Å². The summed E-state index contributed by atoms with van der Waals surface area (Å²) in [5, 5.41) is 0. The highest BCUT2D eigenvalue weighted by Gasteiger charge is 2.09. The minimum absolute atomic E-state index is 0.717. The molecule has 1 aromatic rings. The third-order valence-corrected chi connectivity index (χ3v) is 3.08. The summed E-state index contributed by atoms with van der Waals surface area (Å²) in [6.45, 7) is 2.35. The lowest BCUT2D eigenvalue weighted by molar-refractivity contribution is 0.610. The Bertz CT molecular complexity index is 323. The maximum absolute atomic E-state index is 2.35. The lowest BCUT2D eigenvalue weighted by Gasteiger charge is -2.13. The van der Waals surface area contributed by atoms with Crippen molar-refractivity contribution in [2.75, 3.05) is 0 Å². The second kappa shape index (κ2) is 4.45. The van der Waals surface area contributed by atoms with Crippen molar-refractivity contribution < 1.29 is 0 Å². The largest absolute Gasteiger partial charge is 0.0839 e. The normalized spacial score (nSPS) is 24.2. The average Bonchev–Trinajstić information content (AvgIpc) is 2.30. The Balaban J connectivity index is 2.36. The zero-order valence-corrected chi connectivity index (χ0v) is 8.87. The van der Waals surface area contributed by atoms with E-state index in [1.54, 1.807) is 0 Å². The van der Waals surface area contributed by atoms with Gasteiger partial charge < -0.3 is 0 Å². The third-order valence-electron chi connectivity index (χ3n) is 3.08. The number of fused-ring (bicyclic) bond motifs is 1. The summed E-state index contributed by atoms with van der Waals surface area (Å²) < 4.78 is 0. The molecule has 0 heterocycles. The molecule has 0 radical (unpaired) electrons. The van der Waals surface area contributed by atoms with Gasteiger partial charge in [-0.25, -0.2) is 0 Å². The monoisotopic (exact) mass is 186 g/mol. The van der Waals surface area contributed by atoms with E-state index < -0.39 is 0 Å². The molecule has 0 heteroatoms. The van der Waals surface area contributed by atoms with Crippen LogP contribution in [0.15, 0.2) is 30.3 Å². The van der Waals surface area contributed by atoms with Crippen LogP contribution in [0.1, 0.15) is 49.7 Å². The maximum Gasteiger partial charge on any atom is -0.0184 e. The van der Waals surface area contributed by atoms with Crippen molar-refractivity contribution in [1.29, 1.82) is 0 Å². The Morgan fingerprint density at radius 2 is 2.00 bits per heavy atom. The Hall–Kier alpha value is -1.04. The van der Waals surface area contributed by atoms with Gasteiger partial charge in [-0.15, -0.1) is 0 Å². The highest BCUT2D eigenvalue weighted by molar-refractivity contribution is 5.54. The molecule has 0 saturated carbocycles. The lowest BCUT2D eigenvalue weighted by atomic mass is 9.92. The molecule has 1 aromatic carbocycles. The van der Waals surface area contributed by atoms with Gasteiger partial charge >= 0.3 is 0 Å². The van der Waals surface area contributed by atoms with E-state index in [0.29, 0.717) is 5.92 Å². The molecule has 1 aliphatic carbocycles. The van der Waals surface area contributed by atoms with Gasteiger partial charge in [0.1, 0.15) is 0 Å². The second-order valence-corrected chi connectivity index (χ2v) is 4.22. The summed E-state index contributed by atoms with van der Waals surface area (Å²) in [6.07, 6.45) is 9.88. The van der Waals surface area contributed by atoms with Gasteiger partial charge in [0.05, 0.1) is 0 Å². The molecule has 0 spiro atoms. The van der Waals surface area contributed by atoms with E-state index in [0.717, 1.165) is 0 Å². The molecule has 1 aliphatic rings. The molecular formula is C14H18. The fourth-order valence-electron chi connectivity index (χ4n) is 2.19. The van der Waals surface area contributed by atoms with Crippen LogP contribution in [0.4, 0.5) is 0 Å². The van der Waals surface area contributed by atoms with Crippen LogP contribution in [-0.4, -0.2) is 0 Å². The summed E-state index contributed by atoms with van der Waals surface area (Å²) in [6, 6.07) is 8.79. The Labute approximate surface area is 86.7 Å². The van der Waals surface area contributed by atoms with Crippen molar-refractivity contribution in [3.05, 3.63) is 41.5 Å². The van der Waals surface area contributed by atoms with E-state index in [1.807, 2.05) is 0 Å². The van der Waals surface area contributed by atoms with E-state index >= 15 is 0 Å².